The van der Waals surface area contributed by atoms with Crippen molar-refractivity contribution in [2.24, 2.45) is 0 Å². The van der Waals surface area contributed by atoms with Crippen molar-refractivity contribution in [2.45, 2.75) is 18.3 Å². The molecule has 0 radical (unpaired) electrons. The van der Waals surface area contributed by atoms with E-state index in [-0.39, 0.29) is 0 Å². The number of rotatable bonds is 4. The number of carbonyl (C=O) groups excluding carboxylic acids is 1. The smallest absolute Gasteiger partial charge is 0.425 e. The molecule has 0 aliphatic carbocycles. The van der Waals surface area contributed by atoms with Gasteiger partial charge in [-0.2, -0.15) is 22.0 Å². The van der Waals surface area contributed by atoms with E-state index < -0.39 is 30.8 Å². The van der Waals surface area contributed by atoms with Gasteiger partial charge in [0.1, 0.15) is 0 Å². The Balaban J connectivity index is 4.41. The molecule has 15 heavy (non-hydrogen) atoms. The summed E-state index contributed by atoms with van der Waals surface area (Å²) in [6.45, 7) is 0.832. The van der Waals surface area contributed by atoms with Crippen LogP contribution >= 0.6 is 0 Å². The van der Waals surface area contributed by atoms with Crippen molar-refractivity contribution in [1.82, 2.24) is 0 Å². The number of ether oxygens (including phenoxy) is 1. The van der Waals surface area contributed by atoms with E-state index in [0.717, 1.165) is 0 Å². The van der Waals surface area contributed by atoms with Gasteiger partial charge in [-0.25, -0.2) is 9.18 Å². The highest BCUT2D eigenvalue weighted by atomic mass is 19.4. The number of halogens is 6. The molecule has 0 aliphatic rings. The Morgan fingerprint density at radius 3 is 2.13 bits per heavy atom. The summed E-state index contributed by atoms with van der Waals surface area (Å²) in [4.78, 5) is 10.3. The fraction of sp³-hybridized carbons (Fsp3) is 0.571. The van der Waals surface area contributed by atoms with Crippen LogP contribution in [0.5, 0.6) is 0 Å². The Morgan fingerprint density at radius 1 is 1.33 bits per heavy atom. The Labute approximate surface area is 80.5 Å². The Morgan fingerprint density at radius 2 is 1.80 bits per heavy atom. The summed E-state index contributed by atoms with van der Waals surface area (Å²) in [6.07, 6.45) is -9.61. The maximum Gasteiger partial charge on any atom is 0.425 e. The molecule has 0 aromatic heterocycles. The van der Waals surface area contributed by atoms with E-state index in [1.54, 1.807) is 0 Å². The van der Waals surface area contributed by atoms with E-state index in [9.17, 15) is 31.1 Å². The maximum atomic E-state index is 12.4. The zero-order chi connectivity index (χ0) is 12.3. The van der Waals surface area contributed by atoms with Gasteiger partial charge in [-0.15, -0.1) is 0 Å². The van der Waals surface area contributed by atoms with Crippen LogP contribution in [0.2, 0.25) is 0 Å². The fourth-order valence-corrected chi connectivity index (χ4v) is 0.539. The van der Waals surface area contributed by atoms with Crippen molar-refractivity contribution in [1.29, 1.82) is 0 Å². The molecule has 0 aromatic carbocycles. The molecule has 0 saturated carbocycles. The molecule has 1 atom stereocenters. The minimum Gasteiger partial charge on any atom is -0.456 e. The van der Waals surface area contributed by atoms with Crippen molar-refractivity contribution < 1.29 is 35.9 Å². The van der Waals surface area contributed by atoms with E-state index in [1.807, 2.05) is 0 Å². The first-order chi connectivity index (χ1) is 6.61. The number of hydrogen-bond donors (Lipinski definition) is 0. The maximum absolute atomic E-state index is 12.4. The first kappa shape index (κ1) is 13.8. The van der Waals surface area contributed by atoms with Gasteiger partial charge in [0.2, 0.25) is 0 Å². The second kappa shape index (κ2) is 4.54. The van der Waals surface area contributed by atoms with Crippen LogP contribution in [-0.4, -0.2) is 30.8 Å². The Hall–Kier alpha value is -1.21. The summed E-state index contributed by atoms with van der Waals surface area (Å²) in [5, 5.41) is 0. The van der Waals surface area contributed by atoms with Gasteiger partial charge in [0.05, 0.1) is 0 Å². The van der Waals surface area contributed by atoms with Crippen molar-refractivity contribution in [2.75, 3.05) is 6.61 Å². The molecule has 0 rings (SSSR count). The number of hydrogen-bond acceptors (Lipinski definition) is 2. The fourth-order valence-electron chi connectivity index (χ4n) is 0.539. The molecule has 0 amide bonds. The van der Waals surface area contributed by atoms with Gasteiger partial charge in [0.15, 0.2) is 6.61 Å². The quantitative estimate of drug-likeness (QED) is 0.425. The molecule has 0 unspecified atom stereocenters. The highest BCUT2D eigenvalue weighted by Crippen LogP contribution is 2.34. The summed E-state index contributed by atoms with van der Waals surface area (Å²) >= 11 is 0. The topological polar surface area (TPSA) is 26.3 Å². The van der Waals surface area contributed by atoms with Crippen LogP contribution in [0.25, 0.3) is 0 Å². The lowest BCUT2D eigenvalue weighted by atomic mass is 10.2. The summed E-state index contributed by atoms with van der Waals surface area (Å²) in [5.74, 6) is -6.17. The van der Waals surface area contributed by atoms with E-state index in [4.69, 9.17) is 0 Å². The Kier molecular flexibility index (Phi) is 4.17. The van der Waals surface area contributed by atoms with Crippen LogP contribution in [-0.2, 0) is 9.53 Å². The molecule has 0 spiro atoms. The molecular formula is C7H6F6O2. The normalized spacial score (nSPS) is 14.5. The third-order valence-corrected chi connectivity index (χ3v) is 1.23. The molecule has 88 valence electrons. The van der Waals surface area contributed by atoms with Gasteiger partial charge >= 0.3 is 18.1 Å². The highest BCUT2D eigenvalue weighted by molar-refractivity contribution is 5.81. The highest BCUT2D eigenvalue weighted by Gasteiger charge is 2.57. The van der Waals surface area contributed by atoms with E-state index >= 15 is 0 Å². The van der Waals surface area contributed by atoms with Gasteiger partial charge < -0.3 is 4.74 Å². The van der Waals surface area contributed by atoms with Gasteiger partial charge in [0.25, 0.3) is 6.17 Å². The predicted molar refractivity (Wildman–Crippen MR) is 37.1 cm³/mol. The molecule has 8 heteroatoms. The zero-order valence-corrected chi connectivity index (χ0v) is 7.15. The van der Waals surface area contributed by atoms with Crippen LogP contribution in [0.15, 0.2) is 12.7 Å². The first-order valence-corrected chi connectivity index (χ1v) is 3.49. The first-order valence-electron chi connectivity index (χ1n) is 3.49. The minimum atomic E-state index is -5.70. The second-order valence-electron chi connectivity index (χ2n) is 2.48. The van der Waals surface area contributed by atoms with Crippen molar-refractivity contribution in [3.05, 3.63) is 12.7 Å². The molecule has 0 N–H and O–H groups in total. The van der Waals surface area contributed by atoms with Crippen molar-refractivity contribution >= 4 is 5.97 Å². The van der Waals surface area contributed by atoms with Crippen molar-refractivity contribution in [3.8, 4) is 0 Å². The van der Waals surface area contributed by atoms with Gasteiger partial charge in [-0.3, -0.25) is 0 Å². The third-order valence-electron chi connectivity index (χ3n) is 1.23. The molecule has 0 aromatic rings. The predicted octanol–water partition coefficient (Wildman–Crippen LogP) is 2.25. The zero-order valence-electron chi connectivity index (χ0n) is 7.15. The van der Waals surface area contributed by atoms with E-state index in [1.165, 1.54) is 0 Å². The van der Waals surface area contributed by atoms with Gasteiger partial charge in [-0.1, -0.05) is 6.58 Å². The molecule has 0 heterocycles. The molecule has 0 saturated heterocycles. The lowest BCUT2D eigenvalue weighted by molar-refractivity contribution is -0.253. The van der Waals surface area contributed by atoms with E-state index in [2.05, 4.69) is 11.3 Å². The number of carbonyl (C=O) groups is 1. The monoisotopic (exact) mass is 236 g/mol. The second-order valence-corrected chi connectivity index (χ2v) is 2.48. The lowest BCUT2D eigenvalue weighted by Crippen LogP contribution is -2.45. The summed E-state index contributed by atoms with van der Waals surface area (Å²) in [5.41, 5.74) is 0. The standard InChI is InChI=1S/C7H6F6O2/c1-2-4(14)15-3-6(9,10)5(8)7(11,12)13/h2,5H,1,3H2/t5-/m0/s1. The van der Waals surface area contributed by atoms with Crippen LogP contribution in [0, 0.1) is 0 Å². The van der Waals surface area contributed by atoms with E-state index in [0.29, 0.717) is 6.08 Å². The SMILES string of the molecule is C=CC(=O)OCC(F)(F)[C@H](F)C(F)(F)F. The van der Waals surface area contributed by atoms with Crippen LogP contribution in [0.3, 0.4) is 0 Å². The minimum absolute atomic E-state index is 0.469. The van der Waals surface area contributed by atoms with Crippen LogP contribution in [0.1, 0.15) is 0 Å². The average molecular weight is 236 g/mol. The number of esters is 1. The van der Waals surface area contributed by atoms with Crippen LogP contribution in [0.4, 0.5) is 26.3 Å². The molecule has 0 aliphatic heterocycles. The Bertz CT molecular complexity index is 246. The molecule has 0 fully saturated rings. The van der Waals surface area contributed by atoms with Gasteiger partial charge in [0, 0.05) is 6.08 Å². The average Bonchev–Trinajstić information content (AvgIpc) is 2.11. The summed E-state index contributed by atoms with van der Waals surface area (Å²) in [7, 11) is 0. The third kappa shape index (κ3) is 4.22. The van der Waals surface area contributed by atoms with Crippen LogP contribution < -0.4 is 0 Å². The number of alkyl halides is 6. The molecular weight excluding hydrogens is 230 g/mol. The van der Waals surface area contributed by atoms with Crippen molar-refractivity contribution in [3.63, 3.8) is 0 Å². The summed E-state index contributed by atoms with van der Waals surface area (Å²) < 4.78 is 75.2. The molecule has 0 bridgehead atoms. The largest absolute Gasteiger partial charge is 0.456 e. The lowest BCUT2D eigenvalue weighted by Gasteiger charge is -2.21. The van der Waals surface area contributed by atoms with Gasteiger partial charge in [-0.05, 0) is 0 Å². The molecule has 2 nitrogen and oxygen atoms in total. The summed E-state index contributed by atoms with van der Waals surface area (Å²) in [6, 6.07) is 0.